The number of nitrogens with one attached hydrogen (secondary N) is 1. The first-order chi connectivity index (χ1) is 10.6. The molecular weight excluding hydrogens is 280 g/mol. The molecule has 0 bridgehead atoms. The number of benzene rings is 2. The Morgan fingerprint density at radius 2 is 1.82 bits per heavy atom. The number of aliphatic hydroxyl groups is 1. The summed E-state index contributed by atoms with van der Waals surface area (Å²) in [5, 5.41) is 22.9. The van der Waals surface area contributed by atoms with E-state index < -0.39 is 6.10 Å². The van der Waals surface area contributed by atoms with Crippen LogP contribution in [0.5, 0.6) is 5.75 Å². The smallest absolute Gasteiger partial charge is 0.240 e. The fraction of sp³-hybridized carbons (Fsp3) is 0.176. The van der Waals surface area contributed by atoms with Crippen LogP contribution < -0.4 is 5.43 Å². The van der Waals surface area contributed by atoms with E-state index in [2.05, 4.69) is 10.5 Å². The van der Waals surface area contributed by atoms with E-state index in [-0.39, 0.29) is 18.1 Å². The van der Waals surface area contributed by atoms with E-state index >= 15 is 0 Å². The largest absolute Gasteiger partial charge is 0.508 e. The van der Waals surface area contributed by atoms with Crippen molar-refractivity contribution in [3.63, 3.8) is 0 Å². The van der Waals surface area contributed by atoms with Gasteiger partial charge < -0.3 is 10.2 Å². The van der Waals surface area contributed by atoms with E-state index in [1.165, 1.54) is 6.21 Å². The van der Waals surface area contributed by atoms with Gasteiger partial charge in [0.25, 0.3) is 0 Å². The van der Waals surface area contributed by atoms with Gasteiger partial charge in [-0.15, -0.1) is 0 Å². The van der Waals surface area contributed by atoms with Crippen molar-refractivity contribution in [2.45, 2.75) is 18.9 Å². The zero-order chi connectivity index (χ0) is 15.8. The lowest BCUT2D eigenvalue weighted by atomic mass is 10.1. The lowest BCUT2D eigenvalue weighted by molar-refractivity contribution is -0.121. The molecule has 3 N–H and O–H groups in total. The second-order valence-corrected chi connectivity index (χ2v) is 4.85. The van der Waals surface area contributed by atoms with E-state index in [0.29, 0.717) is 6.42 Å². The number of aromatic hydroxyl groups is 1. The third-order valence-corrected chi connectivity index (χ3v) is 3.13. The Labute approximate surface area is 128 Å². The fourth-order valence-corrected chi connectivity index (χ4v) is 1.90. The Morgan fingerprint density at radius 1 is 1.14 bits per heavy atom. The van der Waals surface area contributed by atoms with Crippen LogP contribution in [0.2, 0.25) is 0 Å². The van der Waals surface area contributed by atoms with Gasteiger partial charge in [-0.1, -0.05) is 30.3 Å². The number of nitrogens with zero attached hydrogens (tertiary/aromatic N) is 1. The molecule has 114 valence electrons. The number of phenols is 1. The first-order valence-electron chi connectivity index (χ1n) is 6.99. The summed E-state index contributed by atoms with van der Waals surface area (Å²) < 4.78 is 0. The standard InChI is InChI=1S/C17H18N2O3/c20-15-8-6-13(7-9-15)12-18-19-17(22)11-10-16(21)14-4-2-1-3-5-14/h1-9,12,16,20-21H,10-11H2,(H,19,22)/b18-12-/t16-/m1/s1. The minimum atomic E-state index is -0.659. The molecule has 2 rings (SSSR count). The van der Waals surface area contributed by atoms with Crippen LogP contribution in [0.25, 0.3) is 0 Å². The molecule has 2 aromatic rings. The second-order valence-electron chi connectivity index (χ2n) is 4.85. The average Bonchev–Trinajstić information content (AvgIpc) is 2.55. The van der Waals surface area contributed by atoms with Crippen molar-refractivity contribution in [2.75, 3.05) is 0 Å². The van der Waals surface area contributed by atoms with Crippen LogP contribution in [0.3, 0.4) is 0 Å². The SMILES string of the molecule is O=C(CC[C@@H](O)c1ccccc1)N/N=C\c1ccc(O)cc1. The van der Waals surface area contributed by atoms with Crippen molar-refractivity contribution in [2.24, 2.45) is 5.10 Å². The zero-order valence-corrected chi connectivity index (χ0v) is 12.0. The molecule has 0 spiro atoms. The molecule has 0 radical (unpaired) electrons. The topological polar surface area (TPSA) is 81.9 Å². The number of phenolic OH excluding ortho intramolecular Hbond substituents is 1. The summed E-state index contributed by atoms with van der Waals surface area (Å²) in [5.41, 5.74) is 3.97. The molecule has 0 aromatic heterocycles. The van der Waals surface area contributed by atoms with Crippen molar-refractivity contribution < 1.29 is 15.0 Å². The van der Waals surface area contributed by atoms with Gasteiger partial charge in [0.2, 0.25) is 5.91 Å². The fourth-order valence-electron chi connectivity index (χ4n) is 1.90. The minimum Gasteiger partial charge on any atom is -0.508 e. The highest BCUT2D eigenvalue weighted by Gasteiger charge is 2.09. The number of hydrogen-bond donors (Lipinski definition) is 3. The van der Waals surface area contributed by atoms with E-state index in [1.807, 2.05) is 30.3 Å². The predicted octanol–water partition coefficient (Wildman–Crippen LogP) is 2.36. The highest BCUT2D eigenvalue weighted by Crippen LogP contribution is 2.17. The molecule has 22 heavy (non-hydrogen) atoms. The number of rotatable bonds is 6. The lowest BCUT2D eigenvalue weighted by Gasteiger charge is -2.09. The maximum atomic E-state index is 11.6. The highest BCUT2D eigenvalue weighted by atomic mass is 16.3. The molecule has 1 amide bonds. The second kappa shape index (κ2) is 7.95. The molecule has 0 fully saturated rings. The molecular formula is C17H18N2O3. The van der Waals surface area contributed by atoms with Gasteiger partial charge in [-0.2, -0.15) is 5.10 Å². The number of hydrazone groups is 1. The summed E-state index contributed by atoms with van der Waals surface area (Å²) >= 11 is 0. The molecule has 0 unspecified atom stereocenters. The first-order valence-corrected chi connectivity index (χ1v) is 6.99. The van der Waals surface area contributed by atoms with Crippen LogP contribution >= 0.6 is 0 Å². The Kier molecular flexibility index (Phi) is 5.68. The van der Waals surface area contributed by atoms with E-state index in [4.69, 9.17) is 5.11 Å². The Morgan fingerprint density at radius 3 is 2.50 bits per heavy atom. The van der Waals surface area contributed by atoms with Crippen molar-refractivity contribution >= 4 is 12.1 Å². The maximum absolute atomic E-state index is 11.6. The van der Waals surface area contributed by atoms with Crippen LogP contribution in [0.4, 0.5) is 0 Å². The van der Waals surface area contributed by atoms with Crippen LogP contribution in [0, 0.1) is 0 Å². The third kappa shape index (κ3) is 5.03. The van der Waals surface area contributed by atoms with Gasteiger partial charge in [0.05, 0.1) is 12.3 Å². The molecule has 0 heterocycles. The number of carbonyl (C=O) groups is 1. The molecule has 1 atom stereocenters. The molecule has 2 aromatic carbocycles. The Balaban J connectivity index is 1.75. The molecule has 5 heteroatoms. The summed E-state index contributed by atoms with van der Waals surface area (Å²) in [6.45, 7) is 0. The summed E-state index contributed by atoms with van der Waals surface area (Å²) in [5.74, 6) is -0.0823. The lowest BCUT2D eigenvalue weighted by Crippen LogP contribution is -2.18. The van der Waals surface area contributed by atoms with Gasteiger partial charge in [-0.3, -0.25) is 4.79 Å². The van der Waals surface area contributed by atoms with Crippen LogP contribution in [0.1, 0.15) is 30.1 Å². The number of hydrogen-bond acceptors (Lipinski definition) is 4. The van der Waals surface area contributed by atoms with Crippen molar-refractivity contribution in [1.29, 1.82) is 0 Å². The molecule has 5 nitrogen and oxygen atoms in total. The van der Waals surface area contributed by atoms with E-state index in [9.17, 15) is 9.90 Å². The molecule has 0 saturated carbocycles. The van der Waals surface area contributed by atoms with Gasteiger partial charge in [0.1, 0.15) is 5.75 Å². The monoisotopic (exact) mass is 298 g/mol. The third-order valence-electron chi connectivity index (χ3n) is 3.13. The minimum absolute atomic E-state index is 0.177. The van der Waals surface area contributed by atoms with E-state index in [1.54, 1.807) is 24.3 Å². The highest BCUT2D eigenvalue weighted by molar-refractivity contribution is 5.82. The van der Waals surface area contributed by atoms with Gasteiger partial charge in [-0.25, -0.2) is 5.43 Å². The number of carbonyl (C=O) groups excluding carboxylic acids is 1. The van der Waals surface area contributed by atoms with Crippen LogP contribution in [-0.2, 0) is 4.79 Å². The van der Waals surface area contributed by atoms with Crippen LogP contribution in [0.15, 0.2) is 59.7 Å². The normalized spacial score (nSPS) is 12.2. The van der Waals surface area contributed by atoms with Crippen molar-refractivity contribution in [3.8, 4) is 5.75 Å². The molecule has 0 aliphatic carbocycles. The summed E-state index contributed by atoms with van der Waals surface area (Å²) in [7, 11) is 0. The average molecular weight is 298 g/mol. The van der Waals surface area contributed by atoms with E-state index in [0.717, 1.165) is 11.1 Å². The van der Waals surface area contributed by atoms with Crippen molar-refractivity contribution in [1.82, 2.24) is 5.43 Å². The molecule has 0 aliphatic heterocycles. The van der Waals surface area contributed by atoms with Crippen LogP contribution in [-0.4, -0.2) is 22.3 Å². The summed E-state index contributed by atoms with van der Waals surface area (Å²) in [6.07, 6.45) is 1.35. The Hall–Kier alpha value is -2.66. The Bertz CT molecular complexity index is 624. The zero-order valence-electron chi connectivity index (χ0n) is 12.0. The van der Waals surface area contributed by atoms with Gasteiger partial charge in [0.15, 0.2) is 0 Å². The summed E-state index contributed by atoms with van der Waals surface area (Å²) in [4.78, 5) is 11.6. The number of amides is 1. The summed E-state index contributed by atoms with van der Waals surface area (Å²) in [6, 6.07) is 15.7. The van der Waals surface area contributed by atoms with Gasteiger partial charge in [-0.05, 0) is 41.8 Å². The predicted molar refractivity (Wildman–Crippen MR) is 84.5 cm³/mol. The number of aliphatic hydroxyl groups excluding tert-OH is 1. The molecule has 0 saturated heterocycles. The van der Waals surface area contributed by atoms with Gasteiger partial charge in [0, 0.05) is 6.42 Å². The van der Waals surface area contributed by atoms with Gasteiger partial charge >= 0.3 is 0 Å². The van der Waals surface area contributed by atoms with Crippen molar-refractivity contribution in [3.05, 3.63) is 65.7 Å². The quantitative estimate of drug-likeness (QED) is 0.565. The molecule has 0 aliphatic rings. The maximum Gasteiger partial charge on any atom is 0.240 e. The first kappa shape index (κ1) is 15.7.